The van der Waals surface area contributed by atoms with Gasteiger partial charge in [-0.05, 0) is 24.6 Å². The Morgan fingerprint density at radius 2 is 2.04 bits per heavy atom. The molecule has 1 atom stereocenters. The van der Waals surface area contributed by atoms with Crippen LogP contribution in [0.3, 0.4) is 0 Å². The SMILES string of the molecule is CC1Nc2c([nH]cc(-c3nnc(Cc4ccc(F)cc4)o3)c2=O)N1C. The van der Waals surface area contributed by atoms with E-state index in [-0.39, 0.29) is 23.3 Å². The molecule has 3 heterocycles. The Balaban J connectivity index is 1.64. The van der Waals surface area contributed by atoms with E-state index in [1.807, 2.05) is 18.9 Å². The van der Waals surface area contributed by atoms with E-state index in [1.165, 1.54) is 12.1 Å². The van der Waals surface area contributed by atoms with E-state index in [1.54, 1.807) is 18.3 Å². The lowest BCUT2D eigenvalue weighted by molar-refractivity contribution is 0.517. The summed E-state index contributed by atoms with van der Waals surface area (Å²) in [5.74, 6) is 0.948. The zero-order valence-corrected chi connectivity index (χ0v) is 13.7. The molecule has 25 heavy (non-hydrogen) atoms. The summed E-state index contributed by atoms with van der Waals surface area (Å²) in [5, 5.41) is 11.1. The predicted molar refractivity (Wildman–Crippen MR) is 91.0 cm³/mol. The van der Waals surface area contributed by atoms with Crippen molar-refractivity contribution in [2.24, 2.45) is 0 Å². The van der Waals surface area contributed by atoms with E-state index >= 15 is 0 Å². The number of benzene rings is 1. The van der Waals surface area contributed by atoms with E-state index in [9.17, 15) is 9.18 Å². The summed E-state index contributed by atoms with van der Waals surface area (Å²) in [4.78, 5) is 17.7. The average Bonchev–Trinajstić information content (AvgIpc) is 3.17. The van der Waals surface area contributed by atoms with Crippen LogP contribution in [0.1, 0.15) is 18.4 Å². The number of anilines is 2. The van der Waals surface area contributed by atoms with Crippen LogP contribution in [-0.2, 0) is 6.42 Å². The lowest BCUT2D eigenvalue weighted by atomic mass is 10.1. The van der Waals surface area contributed by atoms with Gasteiger partial charge in [0, 0.05) is 13.2 Å². The molecule has 8 heteroatoms. The molecule has 1 aromatic carbocycles. The molecule has 3 aromatic rings. The number of aromatic nitrogens is 3. The minimum Gasteiger partial charge on any atom is -0.420 e. The summed E-state index contributed by atoms with van der Waals surface area (Å²) < 4.78 is 18.6. The predicted octanol–water partition coefficient (Wildman–Crippen LogP) is 2.36. The normalized spacial score (nSPS) is 16.0. The highest BCUT2D eigenvalue weighted by atomic mass is 19.1. The molecular formula is C17H16FN5O2. The van der Waals surface area contributed by atoms with Crippen LogP contribution in [0.25, 0.3) is 11.5 Å². The molecule has 0 saturated heterocycles. The Kier molecular flexibility index (Phi) is 3.52. The number of fused-ring (bicyclic) bond motifs is 1. The first-order valence-corrected chi connectivity index (χ1v) is 7.85. The van der Waals surface area contributed by atoms with Crippen LogP contribution >= 0.6 is 0 Å². The number of nitrogens with zero attached hydrogens (tertiary/aromatic N) is 3. The van der Waals surface area contributed by atoms with Crippen LogP contribution in [0.2, 0.25) is 0 Å². The van der Waals surface area contributed by atoms with Crippen molar-refractivity contribution in [2.75, 3.05) is 17.3 Å². The summed E-state index contributed by atoms with van der Waals surface area (Å²) in [6.07, 6.45) is 1.96. The van der Waals surface area contributed by atoms with Crippen molar-refractivity contribution in [3.05, 3.63) is 58.0 Å². The lowest BCUT2D eigenvalue weighted by Crippen LogP contribution is -2.28. The monoisotopic (exact) mass is 341 g/mol. The fourth-order valence-corrected chi connectivity index (χ4v) is 2.80. The van der Waals surface area contributed by atoms with E-state index < -0.39 is 0 Å². The number of halogens is 1. The molecule has 1 aliphatic heterocycles. The molecule has 0 saturated carbocycles. The first kappa shape index (κ1) is 15.4. The standard InChI is InChI=1S/C17H16FN5O2/c1-9-20-14-15(24)12(8-19-16(14)23(9)2)17-22-21-13(25-17)7-10-3-5-11(18)6-4-10/h3-6,8-9,20H,7H2,1-2H3,(H,19,24). The van der Waals surface area contributed by atoms with Crippen LogP contribution in [0.4, 0.5) is 15.9 Å². The van der Waals surface area contributed by atoms with Crippen LogP contribution in [0, 0.1) is 5.82 Å². The molecule has 0 radical (unpaired) electrons. The maximum absolute atomic E-state index is 13.0. The van der Waals surface area contributed by atoms with Gasteiger partial charge in [-0.25, -0.2) is 4.39 Å². The molecule has 1 aliphatic rings. The molecular weight excluding hydrogens is 325 g/mol. The van der Waals surface area contributed by atoms with E-state index in [2.05, 4.69) is 20.5 Å². The zero-order valence-electron chi connectivity index (χ0n) is 13.7. The molecule has 2 aromatic heterocycles. The molecule has 0 aliphatic carbocycles. The molecule has 0 bridgehead atoms. The summed E-state index contributed by atoms with van der Waals surface area (Å²) in [6.45, 7) is 1.96. The molecule has 2 N–H and O–H groups in total. The van der Waals surface area contributed by atoms with Crippen molar-refractivity contribution in [1.82, 2.24) is 15.2 Å². The molecule has 7 nitrogen and oxygen atoms in total. The van der Waals surface area contributed by atoms with Crippen molar-refractivity contribution in [3.8, 4) is 11.5 Å². The van der Waals surface area contributed by atoms with Gasteiger partial charge in [0.2, 0.25) is 11.3 Å². The zero-order chi connectivity index (χ0) is 17.6. The van der Waals surface area contributed by atoms with E-state index in [0.29, 0.717) is 23.6 Å². The molecule has 0 fully saturated rings. The largest absolute Gasteiger partial charge is 0.420 e. The number of nitrogens with one attached hydrogen (secondary N) is 2. The summed E-state index contributed by atoms with van der Waals surface area (Å²) in [5.41, 5.74) is 1.45. The number of rotatable bonds is 3. The number of H-pyrrole nitrogens is 1. The molecule has 0 spiro atoms. The molecule has 0 amide bonds. The second kappa shape index (κ2) is 5.73. The Hall–Kier alpha value is -3.16. The highest BCUT2D eigenvalue weighted by molar-refractivity contribution is 5.75. The summed E-state index contributed by atoms with van der Waals surface area (Å²) >= 11 is 0. The second-order valence-corrected chi connectivity index (χ2v) is 5.99. The fourth-order valence-electron chi connectivity index (χ4n) is 2.80. The van der Waals surface area contributed by atoms with Crippen LogP contribution in [0.5, 0.6) is 0 Å². The maximum atomic E-state index is 13.0. The van der Waals surface area contributed by atoms with Gasteiger partial charge in [0.1, 0.15) is 22.9 Å². The number of hydrogen-bond donors (Lipinski definition) is 2. The Morgan fingerprint density at radius 3 is 2.80 bits per heavy atom. The highest BCUT2D eigenvalue weighted by Crippen LogP contribution is 2.29. The van der Waals surface area contributed by atoms with Crippen LogP contribution in [-0.4, -0.2) is 28.4 Å². The van der Waals surface area contributed by atoms with Crippen molar-refractivity contribution in [1.29, 1.82) is 0 Å². The van der Waals surface area contributed by atoms with Gasteiger partial charge >= 0.3 is 0 Å². The van der Waals surface area contributed by atoms with Crippen molar-refractivity contribution < 1.29 is 8.81 Å². The maximum Gasteiger partial charge on any atom is 0.253 e. The van der Waals surface area contributed by atoms with Crippen LogP contribution in [0.15, 0.2) is 39.7 Å². The minimum atomic E-state index is -0.300. The average molecular weight is 341 g/mol. The smallest absolute Gasteiger partial charge is 0.253 e. The van der Waals surface area contributed by atoms with Crippen LogP contribution < -0.4 is 15.6 Å². The summed E-state index contributed by atoms with van der Waals surface area (Å²) in [7, 11) is 1.90. The second-order valence-electron chi connectivity index (χ2n) is 5.99. The summed E-state index contributed by atoms with van der Waals surface area (Å²) in [6, 6.07) is 6.06. The Labute approximate surface area is 142 Å². The van der Waals surface area contributed by atoms with Gasteiger partial charge in [0.25, 0.3) is 5.89 Å². The first-order valence-electron chi connectivity index (χ1n) is 7.85. The Morgan fingerprint density at radius 1 is 1.28 bits per heavy atom. The third-order valence-corrected chi connectivity index (χ3v) is 4.31. The van der Waals surface area contributed by atoms with E-state index in [4.69, 9.17) is 4.42 Å². The van der Waals surface area contributed by atoms with Crippen molar-refractivity contribution >= 4 is 11.5 Å². The number of aromatic amines is 1. The van der Waals surface area contributed by atoms with Gasteiger partial charge in [-0.2, -0.15) is 0 Å². The van der Waals surface area contributed by atoms with Gasteiger partial charge in [0.15, 0.2) is 0 Å². The van der Waals surface area contributed by atoms with Gasteiger partial charge in [0.05, 0.1) is 12.6 Å². The number of pyridine rings is 1. The minimum absolute atomic E-state index is 0.0194. The third kappa shape index (κ3) is 2.65. The third-order valence-electron chi connectivity index (χ3n) is 4.31. The van der Waals surface area contributed by atoms with E-state index in [0.717, 1.165) is 11.4 Å². The highest BCUT2D eigenvalue weighted by Gasteiger charge is 2.27. The molecule has 4 rings (SSSR count). The molecule has 1 unspecified atom stereocenters. The lowest BCUT2D eigenvalue weighted by Gasteiger charge is -2.16. The number of hydrogen-bond acceptors (Lipinski definition) is 6. The van der Waals surface area contributed by atoms with Crippen molar-refractivity contribution in [3.63, 3.8) is 0 Å². The topological polar surface area (TPSA) is 87.0 Å². The van der Waals surface area contributed by atoms with Gasteiger partial charge in [-0.3, -0.25) is 4.79 Å². The molecule has 128 valence electrons. The first-order chi connectivity index (χ1) is 12.0. The fraction of sp³-hybridized carbons (Fsp3) is 0.235. The quantitative estimate of drug-likeness (QED) is 0.760. The van der Waals surface area contributed by atoms with Crippen molar-refractivity contribution in [2.45, 2.75) is 19.5 Å². The Bertz CT molecular complexity index is 979. The van der Waals surface area contributed by atoms with Gasteiger partial charge < -0.3 is 19.6 Å². The van der Waals surface area contributed by atoms with Gasteiger partial charge in [-0.15, -0.1) is 10.2 Å². The van der Waals surface area contributed by atoms with Gasteiger partial charge in [-0.1, -0.05) is 12.1 Å².